The van der Waals surface area contributed by atoms with Crippen LogP contribution in [0.5, 0.6) is 0 Å². The van der Waals surface area contributed by atoms with E-state index < -0.39 is 0 Å². The molecule has 2 atom stereocenters. The van der Waals surface area contributed by atoms with Crippen molar-refractivity contribution in [1.82, 2.24) is 10.2 Å². The minimum atomic E-state index is -0.0822. The zero-order valence-corrected chi connectivity index (χ0v) is 14.6. The zero-order valence-electron chi connectivity index (χ0n) is 14.6. The van der Waals surface area contributed by atoms with Crippen molar-refractivity contribution < 1.29 is 9.59 Å². The maximum absolute atomic E-state index is 13.1. The van der Waals surface area contributed by atoms with Crippen molar-refractivity contribution in [1.29, 1.82) is 0 Å². The Kier molecular flexibility index (Phi) is 4.20. The Hall–Kier alpha value is -2.36. The first-order valence-electron chi connectivity index (χ1n) is 9.21. The highest BCUT2D eigenvalue weighted by Gasteiger charge is 2.39. The van der Waals surface area contributed by atoms with E-state index in [1.165, 1.54) is 16.3 Å². The lowest BCUT2D eigenvalue weighted by molar-refractivity contribution is -0.140. The third-order valence-corrected chi connectivity index (χ3v) is 5.48. The molecular weight excluding hydrogens is 312 g/mol. The van der Waals surface area contributed by atoms with Crippen molar-refractivity contribution in [3.05, 3.63) is 48.0 Å². The topological polar surface area (TPSA) is 49.4 Å². The van der Waals surface area contributed by atoms with Crippen LogP contribution in [0.25, 0.3) is 10.8 Å². The number of carbonyl (C=O) groups is 2. The summed E-state index contributed by atoms with van der Waals surface area (Å²) in [5.41, 5.74) is 1.18. The van der Waals surface area contributed by atoms with Gasteiger partial charge in [-0.1, -0.05) is 36.4 Å². The first kappa shape index (κ1) is 16.1. The molecule has 0 unspecified atom stereocenters. The van der Waals surface area contributed by atoms with Gasteiger partial charge in [0.05, 0.1) is 12.0 Å². The average Bonchev–Trinajstić information content (AvgIpc) is 3.47. The molecule has 2 fully saturated rings. The van der Waals surface area contributed by atoms with Gasteiger partial charge in [0.15, 0.2) is 0 Å². The molecule has 4 rings (SSSR count). The van der Waals surface area contributed by atoms with Crippen molar-refractivity contribution in [3.63, 3.8) is 0 Å². The predicted octanol–water partition coefficient (Wildman–Crippen LogP) is 3.42. The highest BCUT2D eigenvalue weighted by Crippen LogP contribution is 2.37. The molecule has 1 N–H and O–H groups in total. The zero-order chi connectivity index (χ0) is 17.4. The van der Waals surface area contributed by atoms with Crippen LogP contribution in [0.1, 0.15) is 44.2 Å². The summed E-state index contributed by atoms with van der Waals surface area (Å²) in [5.74, 6) is 0.175. The normalized spacial score (nSPS) is 21.6. The number of hydrogen-bond donors (Lipinski definition) is 1. The molecule has 1 saturated carbocycles. The molecule has 0 spiro atoms. The summed E-state index contributed by atoms with van der Waals surface area (Å²) in [6, 6.07) is 15.2. The Morgan fingerprint density at radius 3 is 2.56 bits per heavy atom. The fourth-order valence-electron chi connectivity index (χ4n) is 3.82. The fourth-order valence-corrected chi connectivity index (χ4v) is 3.82. The first-order chi connectivity index (χ1) is 12.1. The SMILES string of the molecule is C[C@@H](c1ccc2ccccc2c1)N(C(=O)[C@H]1CCC(=O)NC1)C1CC1. The Balaban J connectivity index is 1.58. The number of hydrogen-bond acceptors (Lipinski definition) is 2. The second-order valence-electron chi connectivity index (χ2n) is 7.30. The highest BCUT2D eigenvalue weighted by molar-refractivity contribution is 5.85. The maximum atomic E-state index is 13.1. The summed E-state index contributed by atoms with van der Waals surface area (Å²) < 4.78 is 0. The molecule has 1 saturated heterocycles. The van der Waals surface area contributed by atoms with Gasteiger partial charge in [-0.2, -0.15) is 0 Å². The van der Waals surface area contributed by atoms with Gasteiger partial charge in [0.1, 0.15) is 0 Å². The molecule has 1 aliphatic heterocycles. The van der Waals surface area contributed by atoms with E-state index in [0.717, 1.165) is 12.8 Å². The molecule has 1 heterocycles. The van der Waals surface area contributed by atoms with E-state index >= 15 is 0 Å². The van der Waals surface area contributed by atoms with Gasteiger partial charge in [-0.25, -0.2) is 0 Å². The Bertz CT molecular complexity index is 802. The van der Waals surface area contributed by atoms with E-state index in [9.17, 15) is 9.59 Å². The average molecular weight is 336 g/mol. The quantitative estimate of drug-likeness (QED) is 0.930. The summed E-state index contributed by atoms with van der Waals surface area (Å²) in [6.07, 6.45) is 3.29. The highest BCUT2D eigenvalue weighted by atomic mass is 16.2. The van der Waals surface area contributed by atoms with Crippen LogP contribution in [0.2, 0.25) is 0 Å². The number of nitrogens with one attached hydrogen (secondary N) is 1. The lowest BCUT2D eigenvalue weighted by Crippen LogP contribution is -2.46. The van der Waals surface area contributed by atoms with Gasteiger partial charge in [0.25, 0.3) is 0 Å². The molecule has 2 aliphatic rings. The van der Waals surface area contributed by atoms with Gasteiger partial charge in [0, 0.05) is 19.0 Å². The largest absolute Gasteiger partial charge is 0.355 e. The lowest BCUT2D eigenvalue weighted by atomic mass is 9.95. The van der Waals surface area contributed by atoms with Crippen LogP contribution in [0.15, 0.2) is 42.5 Å². The number of rotatable bonds is 4. The van der Waals surface area contributed by atoms with Crippen molar-refractivity contribution in [2.45, 2.75) is 44.7 Å². The molecule has 0 aromatic heterocycles. The van der Waals surface area contributed by atoms with Gasteiger partial charge in [-0.3, -0.25) is 9.59 Å². The summed E-state index contributed by atoms with van der Waals surface area (Å²) in [6.45, 7) is 2.60. The molecular formula is C21H24N2O2. The van der Waals surface area contributed by atoms with Crippen molar-refractivity contribution in [2.75, 3.05) is 6.54 Å². The van der Waals surface area contributed by atoms with Crippen molar-refractivity contribution in [3.8, 4) is 0 Å². The Morgan fingerprint density at radius 2 is 1.88 bits per heavy atom. The van der Waals surface area contributed by atoms with Crippen LogP contribution in [0.3, 0.4) is 0 Å². The van der Waals surface area contributed by atoms with E-state index in [1.807, 2.05) is 12.1 Å². The van der Waals surface area contributed by atoms with E-state index in [-0.39, 0.29) is 23.8 Å². The van der Waals surface area contributed by atoms with Gasteiger partial charge in [-0.05, 0) is 48.6 Å². The lowest BCUT2D eigenvalue weighted by Gasteiger charge is -2.34. The Labute approximate surface area is 148 Å². The number of nitrogens with zero attached hydrogens (tertiary/aromatic N) is 1. The van der Waals surface area contributed by atoms with Gasteiger partial charge in [-0.15, -0.1) is 0 Å². The number of amides is 2. The summed E-state index contributed by atoms with van der Waals surface area (Å²) in [5, 5.41) is 5.27. The minimum Gasteiger partial charge on any atom is -0.355 e. The summed E-state index contributed by atoms with van der Waals surface area (Å²) in [4.78, 5) is 26.6. The van der Waals surface area contributed by atoms with E-state index in [0.29, 0.717) is 25.4 Å². The second-order valence-corrected chi connectivity index (χ2v) is 7.30. The number of piperidine rings is 1. The molecule has 4 heteroatoms. The molecule has 1 aliphatic carbocycles. The Morgan fingerprint density at radius 1 is 1.12 bits per heavy atom. The molecule has 2 aromatic carbocycles. The third kappa shape index (κ3) is 3.26. The minimum absolute atomic E-state index is 0.0576. The smallest absolute Gasteiger partial charge is 0.228 e. The molecule has 2 aromatic rings. The summed E-state index contributed by atoms with van der Waals surface area (Å²) >= 11 is 0. The van der Waals surface area contributed by atoms with Crippen molar-refractivity contribution >= 4 is 22.6 Å². The maximum Gasteiger partial charge on any atom is 0.228 e. The van der Waals surface area contributed by atoms with Crippen LogP contribution in [0.4, 0.5) is 0 Å². The van der Waals surface area contributed by atoms with Crippen molar-refractivity contribution in [2.24, 2.45) is 5.92 Å². The molecule has 2 amide bonds. The summed E-state index contributed by atoms with van der Waals surface area (Å²) in [7, 11) is 0. The molecule has 130 valence electrons. The molecule has 0 radical (unpaired) electrons. The fraction of sp³-hybridized carbons (Fsp3) is 0.429. The third-order valence-electron chi connectivity index (χ3n) is 5.48. The number of carbonyl (C=O) groups excluding carboxylic acids is 2. The van der Waals surface area contributed by atoms with Gasteiger partial charge in [0.2, 0.25) is 11.8 Å². The van der Waals surface area contributed by atoms with E-state index in [2.05, 4.69) is 47.5 Å². The van der Waals surface area contributed by atoms with Crippen LogP contribution < -0.4 is 5.32 Å². The van der Waals surface area contributed by atoms with Crippen LogP contribution in [-0.2, 0) is 9.59 Å². The van der Waals surface area contributed by atoms with Crippen LogP contribution in [0, 0.1) is 5.92 Å². The van der Waals surface area contributed by atoms with E-state index in [4.69, 9.17) is 0 Å². The number of benzene rings is 2. The predicted molar refractivity (Wildman–Crippen MR) is 98.0 cm³/mol. The monoisotopic (exact) mass is 336 g/mol. The molecule has 0 bridgehead atoms. The first-order valence-corrected chi connectivity index (χ1v) is 9.21. The van der Waals surface area contributed by atoms with E-state index in [1.54, 1.807) is 0 Å². The van der Waals surface area contributed by atoms with Crippen LogP contribution >= 0.6 is 0 Å². The molecule has 25 heavy (non-hydrogen) atoms. The van der Waals surface area contributed by atoms with Gasteiger partial charge < -0.3 is 10.2 Å². The standard InChI is InChI=1S/C21H24N2O2/c1-14(16-7-6-15-4-2-3-5-17(15)12-16)23(19-9-10-19)21(25)18-8-11-20(24)22-13-18/h2-7,12,14,18-19H,8-11,13H2,1H3,(H,22,24)/t14-,18-/m0/s1. The van der Waals surface area contributed by atoms with Gasteiger partial charge >= 0.3 is 0 Å². The van der Waals surface area contributed by atoms with Crippen LogP contribution in [-0.4, -0.2) is 29.3 Å². The number of fused-ring (bicyclic) bond motifs is 1. The second kappa shape index (κ2) is 6.51. The molecule has 4 nitrogen and oxygen atoms in total.